The Morgan fingerprint density at radius 3 is 2.32 bits per heavy atom. The molecule has 1 atom stereocenters. The number of aromatic nitrogens is 1. The molecule has 1 saturated carbocycles. The Kier molecular flexibility index (Phi) is 3.94. The van der Waals surface area contributed by atoms with Crippen LogP contribution in [0.15, 0.2) is 0 Å². The molecular formula is C17H19N3O4S. The molecule has 4 amide bonds. The Morgan fingerprint density at radius 1 is 0.960 bits per heavy atom. The fourth-order valence-corrected chi connectivity index (χ4v) is 5.15. The first-order valence-electron chi connectivity index (χ1n) is 8.66. The summed E-state index contributed by atoms with van der Waals surface area (Å²) in [5.41, 5.74) is 0.675. The van der Waals surface area contributed by atoms with Crippen LogP contribution in [-0.2, 0) is 16.0 Å². The first-order valence-corrected chi connectivity index (χ1v) is 9.48. The van der Waals surface area contributed by atoms with Gasteiger partial charge in [-0.2, -0.15) is 4.90 Å². The molecule has 2 heterocycles. The molecule has 0 radical (unpaired) electrons. The van der Waals surface area contributed by atoms with Gasteiger partial charge in [0, 0.05) is 13.5 Å². The lowest BCUT2D eigenvalue weighted by molar-refractivity contribution is -0.138. The van der Waals surface area contributed by atoms with Crippen molar-refractivity contribution in [3.8, 4) is 0 Å². The summed E-state index contributed by atoms with van der Waals surface area (Å²) in [5, 5.41) is 0.135. The SMILES string of the molecule is CN1C(=O)C(=O)N(c2nc3c(s2)C(=O)CC(C2CCCCC2)C3)C1=O. The Morgan fingerprint density at radius 2 is 1.68 bits per heavy atom. The molecule has 3 aliphatic rings. The first-order chi connectivity index (χ1) is 12.0. The van der Waals surface area contributed by atoms with Crippen LogP contribution in [0.4, 0.5) is 9.93 Å². The molecular weight excluding hydrogens is 342 g/mol. The number of carbonyl (C=O) groups is 4. The second-order valence-corrected chi connectivity index (χ2v) is 8.03. The highest BCUT2D eigenvalue weighted by molar-refractivity contribution is 7.18. The topological polar surface area (TPSA) is 87.7 Å². The van der Waals surface area contributed by atoms with Crippen LogP contribution in [0.25, 0.3) is 0 Å². The standard InChI is InChI=1S/C17H19N3O4S/c1-19-14(22)15(23)20(17(19)24)16-18-11-7-10(8-12(21)13(11)25-16)9-5-3-2-4-6-9/h9-10H,2-8H2,1H3. The quantitative estimate of drug-likeness (QED) is 0.596. The van der Waals surface area contributed by atoms with Gasteiger partial charge in [0.05, 0.1) is 10.6 Å². The van der Waals surface area contributed by atoms with Gasteiger partial charge < -0.3 is 0 Å². The number of likely N-dealkylation sites (N-methyl/N-ethyl adjacent to an activating group) is 1. The van der Waals surface area contributed by atoms with Crippen LogP contribution in [-0.4, -0.2) is 40.6 Å². The van der Waals surface area contributed by atoms with Crippen LogP contribution in [0.1, 0.15) is 53.9 Å². The number of thiazole rings is 1. The summed E-state index contributed by atoms with van der Waals surface area (Å²) >= 11 is 1.05. The van der Waals surface area contributed by atoms with Crippen LogP contribution in [0.3, 0.4) is 0 Å². The molecule has 0 bridgehead atoms. The number of ketones is 1. The zero-order chi connectivity index (χ0) is 17.7. The number of rotatable bonds is 2. The molecule has 4 rings (SSSR count). The van der Waals surface area contributed by atoms with Gasteiger partial charge in [0.2, 0.25) is 5.13 Å². The minimum absolute atomic E-state index is 0.0411. The Balaban J connectivity index is 1.61. The number of anilines is 1. The minimum atomic E-state index is -0.908. The lowest BCUT2D eigenvalue weighted by atomic mass is 9.74. The van der Waals surface area contributed by atoms with Gasteiger partial charge in [0.25, 0.3) is 0 Å². The van der Waals surface area contributed by atoms with Crippen LogP contribution >= 0.6 is 11.3 Å². The summed E-state index contributed by atoms with van der Waals surface area (Å²) in [5.74, 6) is -0.887. The summed E-state index contributed by atoms with van der Waals surface area (Å²) in [6, 6.07) is -0.711. The predicted octanol–water partition coefficient (Wildman–Crippen LogP) is 2.39. The summed E-state index contributed by atoms with van der Waals surface area (Å²) in [4.78, 5) is 54.9. The Bertz CT molecular complexity index is 781. The van der Waals surface area contributed by atoms with Crippen molar-refractivity contribution in [1.29, 1.82) is 0 Å². The van der Waals surface area contributed by atoms with E-state index in [4.69, 9.17) is 0 Å². The van der Waals surface area contributed by atoms with E-state index in [0.717, 1.165) is 34.0 Å². The van der Waals surface area contributed by atoms with E-state index in [1.807, 2.05) is 0 Å². The molecule has 25 heavy (non-hydrogen) atoms. The summed E-state index contributed by atoms with van der Waals surface area (Å²) in [6.45, 7) is 0. The third-order valence-electron chi connectivity index (χ3n) is 5.52. The van der Waals surface area contributed by atoms with E-state index in [9.17, 15) is 19.2 Å². The normalized spacial score (nSPS) is 25.1. The van der Waals surface area contributed by atoms with E-state index < -0.39 is 17.8 Å². The lowest BCUT2D eigenvalue weighted by Gasteiger charge is -2.31. The monoisotopic (exact) mass is 361 g/mol. The molecule has 8 heteroatoms. The molecule has 1 unspecified atom stereocenters. The molecule has 0 N–H and O–H groups in total. The average molecular weight is 361 g/mol. The van der Waals surface area contributed by atoms with E-state index in [1.54, 1.807) is 0 Å². The van der Waals surface area contributed by atoms with Crippen LogP contribution in [0.2, 0.25) is 0 Å². The zero-order valence-corrected chi connectivity index (χ0v) is 14.8. The third kappa shape index (κ3) is 2.59. The number of amides is 4. The molecule has 132 valence electrons. The number of nitrogens with zero attached hydrogens (tertiary/aromatic N) is 3. The largest absolute Gasteiger partial charge is 0.340 e. The van der Waals surface area contributed by atoms with Crippen molar-refractivity contribution in [1.82, 2.24) is 9.88 Å². The number of hydrogen-bond donors (Lipinski definition) is 0. The maximum absolute atomic E-state index is 12.6. The van der Waals surface area contributed by atoms with E-state index in [1.165, 1.54) is 26.3 Å². The lowest BCUT2D eigenvalue weighted by Crippen LogP contribution is -2.31. The second kappa shape index (κ2) is 6.01. The number of Topliss-reactive ketones (excluding diaryl/α,β-unsaturated/α-hetero) is 1. The van der Waals surface area contributed by atoms with Crippen molar-refractivity contribution < 1.29 is 19.2 Å². The fraction of sp³-hybridized carbons (Fsp3) is 0.588. The van der Waals surface area contributed by atoms with Gasteiger partial charge >= 0.3 is 17.8 Å². The highest BCUT2D eigenvalue weighted by Crippen LogP contribution is 2.41. The van der Waals surface area contributed by atoms with Gasteiger partial charge in [-0.15, -0.1) is 0 Å². The van der Waals surface area contributed by atoms with Crippen molar-refractivity contribution in [3.05, 3.63) is 10.6 Å². The molecule has 0 spiro atoms. The van der Waals surface area contributed by atoms with E-state index >= 15 is 0 Å². The van der Waals surface area contributed by atoms with Gasteiger partial charge in [-0.1, -0.05) is 43.4 Å². The zero-order valence-electron chi connectivity index (χ0n) is 14.0. The predicted molar refractivity (Wildman–Crippen MR) is 90.5 cm³/mol. The molecule has 0 aromatic carbocycles. The maximum Gasteiger partial charge on any atom is 0.340 e. The van der Waals surface area contributed by atoms with Crippen molar-refractivity contribution in [3.63, 3.8) is 0 Å². The third-order valence-corrected chi connectivity index (χ3v) is 6.64. The smallest absolute Gasteiger partial charge is 0.293 e. The van der Waals surface area contributed by atoms with Gasteiger partial charge in [-0.25, -0.2) is 9.78 Å². The van der Waals surface area contributed by atoms with E-state index in [2.05, 4.69) is 4.98 Å². The Hall–Kier alpha value is -2.09. The maximum atomic E-state index is 12.6. The van der Waals surface area contributed by atoms with Gasteiger partial charge in [0.1, 0.15) is 0 Å². The van der Waals surface area contributed by atoms with Gasteiger partial charge in [0.15, 0.2) is 5.78 Å². The number of imide groups is 2. The fourth-order valence-electron chi connectivity index (χ4n) is 4.11. The number of hydrogen-bond acceptors (Lipinski definition) is 6. The highest BCUT2D eigenvalue weighted by atomic mass is 32.1. The Labute approximate surface area is 149 Å². The number of fused-ring (bicyclic) bond motifs is 1. The molecule has 1 aliphatic heterocycles. The number of urea groups is 1. The first kappa shape index (κ1) is 16.4. The molecule has 2 aliphatic carbocycles. The summed E-state index contributed by atoms with van der Waals surface area (Å²) in [6.07, 6.45) is 7.25. The van der Waals surface area contributed by atoms with Crippen LogP contribution in [0.5, 0.6) is 0 Å². The van der Waals surface area contributed by atoms with E-state index in [-0.39, 0.29) is 10.9 Å². The molecule has 1 aromatic heterocycles. The van der Waals surface area contributed by atoms with Crippen molar-refractivity contribution in [2.75, 3.05) is 11.9 Å². The average Bonchev–Trinajstić information content (AvgIpc) is 3.12. The summed E-state index contributed by atoms with van der Waals surface area (Å²) < 4.78 is 0. The van der Waals surface area contributed by atoms with Crippen LogP contribution < -0.4 is 4.90 Å². The van der Waals surface area contributed by atoms with Gasteiger partial charge in [-0.05, 0) is 18.3 Å². The van der Waals surface area contributed by atoms with Crippen LogP contribution in [0, 0.1) is 11.8 Å². The summed E-state index contributed by atoms with van der Waals surface area (Å²) in [7, 11) is 1.26. The molecule has 1 saturated heterocycles. The highest BCUT2D eigenvalue weighted by Gasteiger charge is 2.46. The molecule has 2 fully saturated rings. The van der Waals surface area contributed by atoms with Crippen molar-refractivity contribution in [2.24, 2.45) is 11.8 Å². The molecule has 1 aromatic rings. The minimum Gasteiger partial charge on any atom is -0.293 e. The van der Waals surface area contributed by atoms with Crippen molar-refractivity contribution >= 4 is 40.1 Å². The van der Waals surface area contributed by atoms with Crippen molar-refractivity contribution in [2.45, 2.75) is 44.9 Å². The van der Waals surface area contributed by atoms with E-state index in [0.29, 0.717) is 35.2 Å². The van der Waals surface area contributed by atoms with Gasteiger partial charge in [-0.3, -0.25) is 19.3 Å². The molecule has 7 nitrogen and oxygen atoms in total. The number of carbonyl (C=O) groups excluding carboxylic acids is 4. The second-order valence-electron chi connectivity index (χ2n) is 7.05.